The van der Waals surface area contributed by atoms with Gasteiger partial charge in [-0.1, -0.05) is 42.0 Å². The van der Waals surface area contributed by atoms with Crippen LogP contribution in [0.3, 0.4) is 0 Å². The number of piperazine rings is 1. The standard InChI is InChI=1S/C35H41FN6O3/c1-21-11-12-22-8-6-10-26(27(22)16-21)30-29(36)31-28(17-37-30)32(39-33(38-31)44-20-25-9-7-15-40(25)5)41-18-23-13-14-24(19-41)42(23)34(43)45-35(2,3)4/h6,8,10-12,16-17,23-25H,7,9,13-15,18-20H2,1-5H3/t23-,24+,25-/m0/s1. The molecule has 7 rings (SSSR count). The van der Waals surface area contributed by atoms with Crippen molar-refractivity contribution in [3.63, 3.8) is 0 Å². The number of hydrogen-bond acceptors (Lipinski definition) is 8. The number of aromatic nitrogens is 3. The molecule has 2 aromatic heterocycles. The molecule has 1 amide bonds. The van der Waals surface area contributed by atoms with Crippen LogP contribution in [-0.2, 0) is 4.74 Å². The van der Waals surface area contributed by atoms with Crippen LogP contribution in [0.2, 0.25) is 0 Å². The lowest BCUT2D eigenvalue weighted by Crippen LogP contribution is -2.57. The molecule has 10 heteroatoms. The minimum atomic E-state index is -0.570. The van der Waals surface area contributed by atoms with E-state index in [1.807, 2.05) is 56.9 Å². The number of ether oxygens (including phenoxy) is 2. The first kappa shape index (κ1) is 29.6. The minimum absolute atomic E-state index is 0.0314. The summed E-state index contributed by atoms with van der Waals surface area (Å²) in [6.45, 7) is 10.2. The van der Waals surface area contributed by atoms with E-state index in [-0.39, 0.29) is 41.4 Å². The van der Waals surface area contributed by atoms with Gasteiger partial charge in [0, 0.05) is 30.9 Å². The van der Waals surface area contributed by atoms with Crippen molar-refractivity contribution in [3.05, 3.63) is 54.0 Å². The van der Waals surface area contributed by atoms with Gasteiger partial charge in [-0.25, -0.2) is 9.18 Å². The van der Waals surface area contributed by atoms with E-state index >= 15 is 4.39 Å². The number of halogens is 1. The van der Waals surface area contributed by atoms with E-state index in [1.54, 1.807) is 6.20 Å². The number of anilines is 1. The Balaban J connectivity index is 1.29. The third kappa shape index (κ3) is 5.65. The predicted octanol–water partition coefficient (Wildman–Crippen LogP) is 6.35. The Morgan fingerprint density at radius 2 is 1.82 bits per heavy atom. The largest absolute Gasteiger partial charge is 0.462 e. The Bertz CT molecular complexity index is 1760. The summed E-state index contributed by atoms with van der Waals surface area (Å²) in [7, 11) is 2.09. The van der Waals surface area contributed by atoms with Gasteiger partial charge in [-0.2, -0.15) is 9.97 Å². The van der Waals surface area contributed by atoms with Gasteiger partial charge >= 0.3 is 12.1 Å². The van der Waals surface area contributed by atoms with E-state index in [0.717, 1.165) is 54.1 Å². The van der Waals surface area contributed by atoms with Crippen molar-refractivity contribution in [2.24, 2.45) is 0 Å². The zero-order valence-corrected chi connectivity index (χ0v) is 26.7. The van der Waals surface area contributed by atoms with Crippen LogP contribution < -0.4 is 9.64 Å². The Morgan fingerprint density at radius 1 is 1.04 bits per heavy atom. The maximum absolute atomic E-state index is 16.7. The summed E-state index contributed by atoms with van der Waals surface area (Å²) in [5, 5.41) is 2.49. The highest BCUT2D eigenvalue weighted by Crippen LogP contribution is 2.38. The van der Waals surface area contributed by atoms with Gasteiger partial charge in [0.15, 0.2) is 5.82 Å². The molecule has 0 aliphatic carbocycles. The fourth-order valence-electron chi connectivity index (χ4n) is 7.16. The van der Waals surface area contributed by atoms with E-state index < -0.39 is 11.4 Å². The summed E-state index contributed by atoms with van der Waals surface area (Å²) in [6.07, 6.45) is 5.31. The molecule has 3 aliphatic heterocycles. The molecule has 3 atom stereocenters. The van der Waals surface area contributed by atoms with Gasteiger partial charge in [-0.15, -0.1) is 0 Å². The number of hydrogen-bond donors (Lipinski definition) is 0. The monoisotopic (exact) mass is 612 g/mol. The smallest absolute Gasteiger partial charge is 0.410 e. The number of rotatable bonds is 5. The Labute approximate surface area is 263 Å². The van der Waals surface area contributed by atoms with Gasteiger partial charge in [-0.3, -0.25) is 9.88 Å². The van der Waals surface area contributed by atoms with Crippen LogP contribution in [0.1, 0.15) is 52.0 Å². The van der Waals surface area contributed by atoms with Crippen molar-refractivity contribution in [3.8, 4) is 17.3 Å². The maximum atomic E-state index is 16.7. The lowest BCUT2D eigenvalue weighted by Gasteiger charge is -2.42. The van der Waals surface area contributed by atoms with Gasteiger partial charge in [-0.05, 0) is 77.7 Å². The summed E-state index contributed by atoms with van der Waals surface area (Å²) < 4.78 is 28.7. The third-order valence-electron chi connectivity index (χ3n) is 9.40. The average molecular weight is 613 g/mol. The zero-order chi connectivity index (χ0) is 31.5. The third-order valence-corrected chi connectivity index (χ3v) is 9.40. The molecule has 0 saturated carbocycles. The van der Waals surface area contributed by atoms with Gasteiger partial charge in [0.2, 0.25) is 0 Å². The van der Waals surface area contributed by atoms with Gasteiger partial charge in [0.05, 0.1) is 17.5 Å². The molecule has 4 aromatic rings. The molecule has 5 heterocycles. The number of pyridine rings is 1. The van der Waals surface area contributed by atoms with E-state index in [1.165, 1.54) is 0 Å². The van der Waals surface area contributed by atoms with Crippen LogP contribution in [0.4, 0.5) is 15.0 Å². The molecule has 9 nitrogen and oxygen atoms in total. The minimum Gasteiger partial charge on any atom is -0.462 e. The Hall–Kier alpha value is -4.05. The normalized spacial score (nSPS) is 22.0. The summed E-state index contributed by atoms with van der Waals surface area (Å²) in [4.78, 5) is 33.7. The van der Waals surface area contributed by atoms with Crippen molar-refractivity contribution in [2.75, 3.05) is 38.2 Å². The van der Waals surface area contributed by atoms with Crippen LogP contribution in [0.25, 0.3) is 32.9 Å². The molecular weight excluding hydrogens is 571 g/mol. The highest BCUT2D eigenvalue weighted by Gasteiger charge is 2.45. The van der Waals surface area contributed by atoms with Crippen molar-refractivity contribution >= 4 is 33.6 Å². The van der Waals surface area contributed by atoms with Crippen molar-refractivity contribution in [2.45, 2.75) is 77.1 Å². The van der Waals surface area contributed by atoms with Crippen LogP contribution in [0.15, 0.2) is 42.6 Å². The molecule has 3 aliphatic rings. The van der Waals surface area contributed by atoms with Crippen molar-refractivity contribution in [1.29, 1.82) is 0 Å². The lowest BCUT2D eigenvalue weighted by molar-refractivity contribution is 0.0122. The van der Waals surface area contributed by atoms with Crippen LogP contribution in [0, 0.1) is 12.7 Å². The van der Waals surface area contributed by atoms with Crippen LogP contribution >= 0.6 is 0 Å². The highest BCUT2D eigenvalue weighted by atomic mass is 19.1. The summed E-state index contributed by atoms with van der Waals surface area (Å²) in [5.74, 6) is 0.0885. The number of likely N-dealkylation sites (tertiary alicyclic amines) is 1. The molecule has 236 valence electrons. The number of amides is 1. The summed E-state index contributed by atoms with van der Waals surface area (Å²) in [6, 6.07) is 12.4. The topological polar surface area (TPSA) is 83.9 Å². The molecule has 0 radical (unpaired) electrons. The Kier molecular flexibility index (Phi) is 7.50. The van der Waals surface area contributed by atoms with Gasteiger partial charge in [0.1, 0.15) is 29.2 Å². The number of benzene rings is 2. The SMILES string of the molecule is Cc1ccc2cccc(-c3ncc4c(N5C[C@H]6CC[C@@H](C5)N6C(=O)OC(C)(C)C)nc(OC[C@@H]5CCCN5C)nc4c3F)c2c1. The van der Waals surface area contributed by atoms with Crippen molar-refractivity contribution in [1.82, 2.24) is 24.8 Å². The fraction of sp³-hybridized carbons (Fsp3) is 0.486. The van der Waals surface area contributed by atoms with E-state index in [4.69, 9.17) is 14.5 Å². The zero-order valence-electron chi connectivity index (χ0n) is 26.7. The lowest BCUT2D eigenvalue weighted by atomic mass is 9.99. The molecule has 3 fully saturated rings. The first-order valence-corrected chi connectivity index (χ1v) is 16.0. The Morgan fingerprint density at radius 3 is 2.53 bits per heavy atom. The van der Waals surface area contributed by atoms with E-state index in [2.05, 4.69) is 38.9 Å². The van der Waals surface area contributed by atoms with Crippen molar-refractivity contribution < 1.29 is 18.7 Å². The maximum Gasteiger partial charge on any atom is 0.410 e. The molecule has 0 spiro atoms. The molecule has 2 aromatic carbocycles. The average Bonchev–Trinajstić information content (AvgIpc) is 3.53. The van der Waals surface area contributed by atoms with Gasteiger partial charge < -0.3 is 19.3 Å². The summed E-state index contributed by atoms with van der Waals surface area (Å²) in [5.41, 5.74) is 1.68. The number of nitrogens with zero attached hydrogens (tertiary/aromatic N) is 6. The second-order valence-corrected chi connectivity index (χ2v) is 13.8. The summed E-state index contributed by atoms with van der Waals surface area (Å²) >= 11 is 0. The quantitative estimate of drug-likeness (QED) is 0.258. The van der Waals surface area contributed by atoms with E-state index in [0.29, 0.717) is 30.9 Å². The number of carbonyl (C=O) groups is 1. The molecule has 2 bridgehead atoms. The molecule has 45 heavy (non-hydrogen) atoms. The second-order valence-electron chi connectivity index (χ2n) is 13.8. The number of likely N-dealkylation sites (N-methyl/N-ethyl adjacent to an activating group) is 1. The van der Waals surface area contributed by atoms with Gasteiger partial charge in [0.25, 0.3) is 0 Å². The number of fused-ring (bicyclic) bond motifs is 4. The first-order chi connectivity index (χ1) is 21.6. The number of aryl methyl sites for hydroxylation is 1. The number of carbonyl (C=O) groups excluding carboxylic acids is 1. The highest BCUT2D eigenvalue weighted by molar-refractivity contribution is 5.99. The molecule has 3 saturated heterocycles. The molecule has 0 N–H and O–H groups in total. The predicted molar refractivity (Wildman–Crippen MR) is 173 cm³/mol. The van der Waals surface area contributed by atoms with E-state index in [9.17, 15) is 4.79 Å². The first-order valence-electron chi connectivity index (χ1n) is 16.0. The van der Waals surface area contributed by atoms with Crippen LogP contribution in [0.5, 0.6) is 6.01 Å². The molecule has 0 unspecified atom stereocenters. The molecular formula is C35H41FN6O3. The second kappa shape index (κ2) is 11.4. The fourth-order valence-corrected chi connectivity index (χ4v) is 7.16. The van der Waals surface area contributed by atoms with Crippen LogP contribution in [-0.4, -0.2) is 87.9 Å².